The average Bonchev–Trinajstić information content (AvgIpc) is 2.68. The first kappa shape index (κ1) is 20.5. The highest BCUT2D eigenvalue weighted by molar-refractivity contribution is 7.89. The van der Waals surface area contributed by atoms with Crippen LogP contribution < -0.4 is 5.14 Å². The smallest absolute Gasteiger partial charge is 0.243 e. The number of primary sulfonamides is 1. The topological polar surface area (TPSA) is 118 Å². The van der Waals surface area contributed by atoms with Gasteiger partial charge in [-0.15, -0.1) is 0 Å². The maximum absolute atomic E-state index is 12.6. The van der Waals surface area contributed by atoms with E-state index in [1.54, 1.807) is 47.4 Å². The van der Waals surface area contributed by atoms with Crippen molar-refractivity contribution in [3.05, 3.63) is 60.2 Å². The van der Waals surface area contributed by atoms with Gasteiger partial charge in [-0.25, -0.2) is 22.0 Å². The molecule has 28 heavy (non-hydrogen) atoms. The zero-order valence-corrected chi connectivity index (χ0v) is 16.7. The molecule has 0 radical (unpaired) electrons. The van der Waals surface area contributed by atoms with E-state index in [1.807, 2.05) is 0 Å². The van der Waals surface area contributed by atoms with Crippen molar-refractivity contribution in [3.63, 3.8) is 0 Å². The van der Waals surface area contributed by atoms with E-state index in [0.29, 0.717) is 18.7 Å². The second-order valence-electron chi connectivity index (χ2n) is 6.46. The van der Waals surface area contributed by atoms with Crippen LogP contribution in [-0.4, -0.2) is 58.1 Å². The van der Waals surface area contributed by atoms with Crippen LogP contribution in [0.2, 0.25) is 0 Å². The minimum Gasteiger partial charge on any atom is -0.340 e. The molecule has 1 saturated heterocycles. The molecule has 2 N–H and O–H groups in total. The van der Waals surface area contributed by atoms with Crippen molar-refractivity contribution in [1.29, 1.82) is 0 Å². The summed E-state index contributed by atoms with van der Waals surface area (Å²) in [6.45, 7) is 1.07. The first-order valence-corrected chi connectivity index (χ1v) is 11.6. The van der Waals surface area contributed by atoms with Gasteiger partial charge in [0.2, 0.25) is 26.0 Å². The monoisotopic (exact) mass is 423 g/mol. The third-order valence-electron chi connectivity index (χ3n) is 4.58. The number of nitrogens with zero attached hydrogens (tertiary/aromatic N) is 2. The Morgan fingerprint density at radius 3 is 1.93 bits per heavy atom. The van der Waals surface area contributed by atoms with E-state index in [4.69, 9.17) is 5.14 Å². The van der Waals surface area contributed by atoms with Crippen LogP contribution in [0, 0.1) is 0 Å². The molecule has 3 rings (SSSR count). The Labute approximate surface area is 164 Å². The lowest BCUT2D eigenvalue weighted by atomic mass is 10.1. The van der Waals surface area contributed by atoms with Gasteiger partial charge in [-0.2, -0.15) is 4.31 Å². The lowest BCUT2D eigenvalue weighted by Crippen LogP contribution is -2.50. The maximum Gasteiger partial charge on any atom is 0.243 e. The highest BCUT2D eigenvalue weighted by Gasteiger charge is 2.29. The maximum atomic E-state index is 12.6. The number of piperazine rings is 1. The Morgan fingerprint density at radius 1 is 0.821 bits per heavy atom. The van der Waals surface area contributed by atoms with Gasteiger partial charge in [0.15, 0.2) is 0 Å². The summed E-state index contributed by atoms with van der Waals surface area (Å²) in [5.41, 5.74) is 0.664. The molecule has 0 spiro atoms. The molecule has 2 aromatic rings. The number of rotatable bonds is 5. The quantitative estimate of drug-likeness (QED) is 0.747. The fourth-order valence-electron chi connectivity index (χ4n) is 3.00. The number of benzene rings is 2. The lowest BCUT2D eigenvalue weighted by Gasteiger charge is -2.34. The van der Waals surface area contributed by atoms with Crippen molar-refractivity contribution in [1.82, 2.24) is 9.21 Å². The molecule has 1 aliphatic rings. The normalized spacial score (nSPS) is 16.1. The molecule has 2 aromatic carbocycles. The Morgan fingerprint density at radius 2 is 1.39 bits per heavy atom. The fourth-order valence-corrected chi connectivity index (χ4v) is 4.96. The molecule has 0 bridgehead atoms. The van der Waals surface area contributed by atoms with Crippen LogP contribution in [0.15, 0.2) is 64.4 Å². The van der Waals surface area contributed by atoms with Crippen LogP contribution in [0.5, 0.6) is 0 Å². The molecule has 0 unspecified atom stereocenters. The minimum absolute atomic E-state index is 0.0107. The number of nitrogens with two attached hydrogens (primary N) is 1. The van der Waals surface area contributed by atoms with Gasteiger partial charge in [-0.3, -0.25) is 4.79 Å². The number of amides is 1. The van der Waals surface area contributed by atoms with Gasteiger partial charge in [-0.1, -0.05) is 30.3 Å². The number of hydrogen-bond acceptors (Lipinski definition) is 5. The summed E-state index contributed by atoms with van der Waals surface area (Å²) in [5.74, 6) is -0.139. The fraction of sp³-hybridized carbons (Fsp3) is 0.278. The van der Waals surface area contributed by atoms with E-state index in [-0.39, 0.29) is 35.2 Å². The molecule has 1 fully saturated rings. The van der Waals surface area contributed by atoms with Gasteiger partial charge in [0.25, 0.3) is 0 Å². The number of hydrogen-bond donors (Lipinski definition) is 1. The van der Waals surface area contributed by atoms with Gasteiger partial charge in [0.05, 0.1) is 16.2 Å². The molecular formula is C18H21N3O5S2. The first-order valence-electron chi connectivity index (χ1n) is 8.62. The van der Waals surface area contributed by atoms with Crippen molar-refractivity contribution in [2.45, 2.75) is 16.2 Å². The van der Waals surface area contributed by atoms with Gasteiger partial charge < -0.3 is 4.90 Å². The largest absolute Gasteiger partial charge is 0.340 e. The molecule has 1 heterocycles. The summed E-state index contributed by atoms with van der Waals surface area (Å²) in [7, 11) is -7.33. The molecule has 0 aromatic heterocycles. The predicted molar refractivity (Wildman–Crippen MR) is 103 cm³/mol. The third kappa shape index (κ3) is 4.58. The zero-order valence-electron chi connectivity index (χ0n) is 15.1. The molecule has 8 nitrogen and oxygen atoms in total. The highest BCUT2D eigenvalue weighted by atomic mass is 32.2. The van der Waals surface area contributed by atoms with E-state index in [1.165, 1.54) is 16.4 Å². The highest BCUT2D eigenvalue weighted by Crippen LogP contribution is 2.18. The van der Waals surface area contributed by atoms with E-state index in [0.717, 1.165) is 0 Å². The van der Waals surface area contributed by atoms with Gasteiger partial charge in [0.1, 0.15) is 0 Å². The number of sulfonamides is 2. The number of carbonyl (C=O) groups excluding carboxylic acids is 1. The van der Waals surface area contributed by atoms with Crippen LogP contribution in [0.3, 0.4) is 0 Å². The second-order valence-corrected chi connectivity index (χ2v) is 9.96. The molecule has 0 aliphatic carbocycles. The van der Waals surface area contributed by atoms with Crippen LogP contribution in [0.4, 0.5) is 0 Å². The van der Waals surface area contributed by atoms with E-state index in [9.17, 15) is 21.6 Å². The summed E-state index contributed by atoms with van der Waals surface area (Å²) in [6, 6.07) is 14.0. The standard InChI is InChI=1S/C18H21N3O5S2/c19-27(23,24)16-8-6-15(7-9-16)14-18(22)20-10-12-21(13-11-20)28(25,26)17-4-2-1-3-5-17/h1-9H,10-14H2,(H2,19,23,24). The zero-order chi connectivity index (χ0) is 20.4. The van der Waals surface area contributed by atoms with Crippen molar-refractivity contribution >= 4 is 26.0 Å². The Hall–Kier alpha value is -2.27. The third-order valence-corrected chi connectivity index (χ3v) is 7.42. The van der Waals surface area contributed by atoms with Crippen LogP contribution in [0.1, 0.15) is 5.56 Å². The summed E-state index contributed by atoms with van der Waals surface area (Å²) in [5, 5.41) is 5.06. The summed E-state index contributed by atoms with van der Waals surface area (Å²) >= 11 is 0. The SMILES string of the molecule is NS(=O)(=O)c1ccc(CC(=O)N2CCN(S(=O)(=O)c3ccccc3)CC2)cc1. The average molecular weight is 424 g/mol. The van der Waals surface area contributed by atoms with E-state index in [2.05, 4.69) is 0 Å². The lowest BCUT2D eigenvalue weighted by molar-refractivity contribution is -0.131. The number of carbonyl (C=O) groups is 1. The first-order chi connectivity index (χ1) is 13.2. The van der Waals surface area contributed by atoms with E-state index < -0.39 is 20.0 Å². The van der Waals surface area contributed by atoms with Crippen molar-refractivity contribution < 1.29 is 21.6 Å². The molecular weight excluding hydrogens is 402 g/mol. The van der Waals surface area contributed by atoms with Crippen LogP contribution >= 0.6 is 0 Å². The molecule has 0 atom stereocenters. The Kier molecular flexibility index (Phi) is 5.84. The second kappa shape index (κ2) is 8.00. The molecule has 0 saturated carbocycles. The Balaban J connectivity index is 1.60. The van der Waals surface area contributed by atoms with E-state index >= 15 is 0 Å². The van der Waals surface area contributed by atoms with Crippen LogP contribution in [-0.2, 0) is 31.3 Å². The molecule has 10 heteroatoms. The van der Waals surface area contributed by atoms with Crippen molar-refractivity contribution in [2.75, 3.05) is 26.2 Å². The Bertz CT molecular complexity index is 1040. The molecule has 1 aliphatic heterocycles. The van der Waals surface area contributed by atoms with Crippen LogP contribution in [0.25, 0.3) is 0 Å². The van der Waals surface area contributed by atoms with Crippen molar-refractivity contribution in [3.8, 4) is 0 Å². The predicted octanol–water partition coefficient (Wildman–Crippen LogP) is 0.410. The summed E-state index contributed by atoms with van der Waals surface area (Å²) < 4.78 is 49.2. The summed E-state index contributed by atoms with van der Waals surface area (Å²) in [6.07, 6.45) is 0.107. The summed E-state index contributed by atoms with van der Waals surface area (Å²) in [4.78, 5) is 14.3. The van der Waals surface area contributed by atoms with Gasteiger partial charge in [-0.05, 0) is 29.8 Å². The van der Waals surface area contributed by atoms with Gasteiger partial charge in [0, 0.05) is 26.2 Å². The van der Waals surface area contributed by atoms with Crippen molar-refractivity contribution in [2.24, 2.45) is 5.14 Å². The molecule has 1 amide bonds. The molecule has 150 valence electrons. The van der Waals surface area contributed by atoms with Gasteiger partial charge >= 0.3 is 0 Å². The minimum atomic E-state index is -3.77.